The number of nitro groups is 1. The molecule has 0 fully saturated rings. The van der Waals surface area contributed by atoms with Crippen LogP contribution in [0.2, 0.25) is 0 Å². The van der Waals surface area contributed by atoms with Crippen LogP contribution in [0.15, 0.2) is 41.5 Å². The number of pyridine rings is 1. The van der Waals surface area contributed by atoms with Crippen LogP contribution >= 0.6 is 0 Å². The Morgan fingerprint density at radius 3 is 2.93 bits per heavy atom. The average molecular weight is 381 g/mol. The van der Waals surface area contributed by atoms with E-state index in [0.717, 1.165) is 42.6 Å². The van der Waals surface area contributed by atoms with E-state index in [1.54, 1.807) is 12.3 Å². The molecule has 4 rings (SSSR count). The van der Waals surface area contributed by atoms with E-state index in [4.69, 9.17) is 0 Å². The van der Waals surface area contributed by atoms with Gasteiger partial charge in [0.05, 0.1) is 16.0 Å². The van der Waals surface area contributed by atoms with Crippen LogP contribution in [-0.4, -0.2) is 24.4 Å². The molecule has 0 atom stereocenters. The maximum absolute atomic E-state index is 14.0. The van der Waals surface area contributed by atoms with Crippen molar-refractivity contribution in [2.24, 2.45) is 0 Å². The number of aromatic nitrogens is 4. The Bertz CT molecular complexity index is 1280. The second-order valence-electron chi connectivity index (χ2n) is 6.46. The van der Waals surface area contributed by atoms with Gasteiger partial charge in [0, 0.05) is 42.0 Å². The fourth-order valence-electron chi connectivity index (χ4n) is 3.23. The molecular formula is C19H16FN5O3. The van der Waals surface area contributed by atoms with Gasteiger partial charge in [-0.2, -0.15) is 4.39 Å². The van der Waals surface area contributed by atoms with Crippen molar-refractivity contribution in [3.8, 4) is 11.3 Å². The Balaban J connectivity index is 1.94. The van der Waals surface area contributed by atoms with Gasteiger partial charge in [0.1, 0.15) is 11.3 Å². The summed E-state index contributed by atoms with van der Waals surface area (Å²) in [6.45, 7) is 2.83. The van der Waals surface area contributed by atoms with E-state index in [0.29, 0.717) is 5.56 Å². The zero-order chi connectivity index (χ0) is 19.8. The number of hydrogen-bond acceptors (Lipinski definition) is 5. The first-order chi connectivity index (χ1) is 13.5. The molecule has 142 valence electrons. The number of nitrogens with zero attached hydrogens (tertiary/aromatic N) is 4. The zero-order valence-corrected chi connectivity index (χ0v) is 15.0. The van der Waals surface area contributed by atoms with Crippen molar-refractivity contribution in [3.63, 3.8) is 0 Å². The number of nitrogens with one attached hydrogen (secondary N) is 1. The number of aryl methyl sites for hydroxylation is 1. The topological polar surface area (TPSA) is 107 Å². The summed E-state index contributed by atoms with van der Waals surface area (Å²) in [4.78, 5) is 34.0. The second-order valence-corrected chi connectivity index (χ2v) is 6.46. The fourth-order valence-corrected chi connectivity index (χ4v) is 3.23. The van der Waals surface area contributed by atoms with E-state index in [9.17, 15) is 19.3 Å². The molecule has 0 radical (unpaired) electrons. The molecule has 28 heavy (non-hydrogen) atoms. The van der Waals surface area contributed by atoms with E-state index >= 15 is 0 Å². The minimum absolute atomic E-state index is 0.106. The number of nitro benzene ring substituents is 1. The van der Waals surface area contributed by atoms with Gasteiger partial charge in [0.25, 0.3) is 5.56 Å². The van der Waals surface area contributed by atoms with Crippen LogP contribution in [0.1, 0.15) is 19.8 Å². The molecule has 9 heteroatoms. The van der Waals surface area contributed by atoms with Gasteiger partial charge in [-0.15, -0.1) is 0 Å². The van der Waals surface area contributed by atoms with Crippen molar-refractivity contribution < 1.29 is 9.31 Å². The van der Waals surface area contributed by atoms with Crippen LogP contribution in [0.3, 0.4) is 0 Å². The molecule has 0 bridgehead atoms. The molecule has 0 spiro atoms. The van der Waals surface area contributed by atoms with Gasteiger partial charge < -0.3 is 9.55 Å². The van der Waals surface area contributed by atoms with E-state index in [-0.39, 0.29) is 16.7 Å². The fraction of sp³-hybridized carbons (Fsp3) is 0.211. The van der Waals surface area contributed by atoms with Crippen LogP contribution in [0, 0.1) is 15.9 Å². The molecule has 0 aliphatic heterocycles. The monoisotopic (exact) mass is 381 g/mol. The van der Waals surface area contributed by atoms with Gasteiger partial charge in [-0.3, -0.25) is 14.9 Å². The van der Waals surface area contributed by atoms with Crippen molar-refractivity contribution in [3.05, 3.63) is 62.9 Å². The third-order valence-electron chi connectivity index (χ3n) is 4.60. The molecular weight excluding hydrogens is 365 g/mol. The van der Waals surface area contributed by atoms with Gasteiger partial charge >= 0.3 is 5.69 Å². The number of rotatable bonds is 5. The first kappa shape index (κ1) is 17.8. The average Bonchev–Trinajstić information content (AvgIpc) is 3.04. The predicted molar refractivity (Wildman–Crippen MR) is 103 cm³/mol. The molecule has 4 aromatic rings. The smallest absolute Gasteiger partial charge is 0.307 e. The molecule has 0 saturated heterocycles. The minimum atomic E-state index is -1.00. The highest BCUT2D eigenvalue weighted by Gasteiger charge is 2.19. The lowest BCUT2D eigenvalue weighted by Crippen LogP contribution is -2.12. The van der Waals surface area contributed by atoms with Crippen molar-refractivity contribution >= 4 is 27.8 Å². The van der Waals surface area contributed by atoms with E-state index in [2.05, 4.69) is 21.9 Å². The summed E-state index contributed by atoms with van der Waals surface area (Å²) >= 11 is 0. The standard InChI is InChI=1S/C19H16FN5O3/c1-2-3-7-24-10-12(11-5-4-6-21-18(11)24)17-19(26)23-15-9-16(25(27)28)13(20)8-14(15)22-17/h4-6,8-10H,2-3,7H2,1H3,(H,23,26). The summed E-state index contributed by atoms with van der Waals surface area (Å²) in [6, 6.07) is 5.56. The molecule has 0 saturated carbocycles. The Morgan fingerprint density at radius 1 is 1.36 bits per heavy atom. The van der Waals surface area contributed by atoms with Crippen LogP contribution in [-0.2, 0) is 6.54 Å². The first-order valence-electron chi connectivity index (χ1n) is 8.81. The van der Waals surface area contributed by atoms with Gasteiger partial charge in [0.15, 0.2) is 0 Å². The van der Waals surface area contributed by atoms with Gasteiger partial charge in [-0.25, -0.2) is 9.97 Å². The largest absolute Gasteiger partial charge is 0.332 e. The quantitative estimate of drug-likeness (QED) is 0.418. The number of fused-ring (bicyclic) bond motifs is 2. The number of benzene rings is 1. The van der Waals surface area contributed by atoms with E-state index in [1.807, 2.05) is 16.8 Å². The van der Waals surface area contributed by atoms with Crippen molar-refractivity contribution in [1.29, 1.82) is 0 Å². The first-order valence-corrected chi connectivity index (χ1v) is 8.81. The maximum atomic E-state index is 14.0. The van der Waals surface area contributed by atoms with E-state index < -0.39 is 22.0 Å². The molecule has 1 aromatic carbocycles. The van der Waals surface area contributed by atoms with Gasteiger partial charge in [0.2, 0.25) is 5.82 Å². The lowest BCUT2D eigenvalue weighted by Gasteiger charge is -2.03. The summed E-state index contributed by atoms with van der Waals surface area (Å²) in [5.74, 6) is -1.00. The lowest BCUT2D eigenvalue weighted by atomic mass is 10.1. The number of hydrogen-bond donors (Lipinski definition) is 1. The number of halogens is 1. The number of unbranched alkanes of at least 4 members (excludes halogenated alkanes) is 1. The lowest BCUT2D eigenvalue weighted by molar-refractivity contribution is -0.387. The zero-order valence-electron chi connectivity index (χ0n) is 15.0. The number of H-pyrrole nitrogens is 1. The summed E-state index contributed by atoms with van der Waals surface area (Å²) in [7, 11) is 0. The molecule has 0 aliphatic rings. The van der Waals surface area contributed by atoms with E-state index in [1.165, 1.54) is 0 Å². The molecule has 0 aliphatic carbocycles. The highest BCUT2D eigenvalue weighted by molar-refractivity contribution is 5.94. The Labute approximate surface area is 157 Å². The summed E-state index contributed by atoms with van der Waals surface area (Å²) in [5.41, 5.74) is 0.466. The van der Waals surface area contributed by atoms with Crippen molar-refractivity contribution in [1.82, 2.24) is 19.5 Å². The van der Waals surface area contributed by atoms with Crippen LogP contribution in [0.25, 0.3) is 33.3 Å². The third kappa shape index (κ3) is 2.90. The molecule has 0 amide bonds. The van der Waals surface area contributed by atoms with Crippen LogP contribution in [0.5, 0.6) is 0 Å². The maximum Gasteiger partial charge on any atom is 0.307 e. The van der Waals surface area contributed by atoms with Gasteiger partial charge in [-0.1, -0.05) is 13.3 Å². The highest BCUT2D eigenvalue weighted by atomic mass is 19.1. The summed E-state index contributed by atoms with van der Waals surface area (Å²) in [5, 5.41) is 11.7. The molecule has 3 heterocycles. The van der Waals surface area contributed by atoms with Crippen molar-refractivity contribution in [2.75, 3.05) is 0 Å². The third-order valence-corrected chi connectivity index (χ3v) is 4.60. The molecule has 8 nitrogen and oxygen atoms in total. The summed E-state index contributed by atoms with van der Waals surface area (Å²) < 4.78 is 16.0. The van der Waals surface area contributed by atoms with Crippen LogP contribution in [0.4, 0.5) is 10.1 Å². The predicted octanol–water partition coefficient (Wildman–Crippen LogP) is 3.79. The molecule has 1 N–H and O–H groups in total. The van der Waals surface area contributed by atoms with Crippen molar-refractivity contribution in [2.45, 2.75) is 26.3 Å². The SMILES string of the molecule is CCCCn1cc(-c2nc3cc(F)c([N+](=O)[O-])cc3[nH]c2=O)c2cccnc21. The minimum Gasteiger partial charge on any atom is -0.332 e. The normalized spacial score (nSPS) is 11.4. The number of aromatic amines is 1. The Morgan fingerprint density at radius 2 is 2.18 bits per heavy atom. The molecule has 3 aromatic heterocycles. The Hall–Kier alpha value is -3.62. The van der Waals surface area contributed by atoms with Crippen LogP contribution < -0.4 is 5.56 Å². The second kappa shape index (κ2) is 6.84. The summed E-state index contributed by atoms with van der Waals surface area (Å²) in [6.07, 6.45) is 5.46. The van der Waals surface area contributed by atoms with Gasteiger partial charge in [-0.05, 0) is 18.6 Å². The Kier molecular flexibility index (Phi) is 4.34. The highest BCUT2D eigenvalue weighted by Crippen LogP contribution is 2.28. The molecule has 0 unspecified atom stereocenters.